The number of halogens is 1. The fourth-order valence-corrected chi connectivity index (χ4v) is 4.07. The molecule has 0 saturated carbocycles. The zero-order chi connectivity index (χ0) is 25.0. The number of hydrogen-bond donors (Lipinski definition) is 2. The van der Waals surface area contributed by atoms with Crippen LogP contribution in [0.15, 0.2) is 84.9 Å². The molecule has 35 heavy (non-hydrogen) atoms. The Morgan fingerprint density at radius 3 is 2.00 bits per heavy atom. The molecule has 3 aromatic carbocycles. The van der Waals surface area contributed by atoms with Crippen molar-refractivity contribution in [3.05, 3.63) is 101 Å². The molecule has 9 heteroatoms. The maximum atomic E-state index is 13.7. The third-order valence-corrected chi connectivity index (χ3v) is 6.00. The van der Waals surface area contributed by atoms with Gasteiger partial charge < -0.3 is 15.5 Å². The third-order valence-electron chi connectivity index (χ3n) is 5.75. The average molecular weight is 491 g/mol. The van der Waals surface area contributed by atoms with Gasteiger partial charge in [0.2, 0.25) is 11.8 Å². The van der Waals surface area contributed by atoms with Crippen molar-refractivity contribution in [2.45, 2.75) is 5.54 Å². The van der Waals surface area contributed by atoms with Crippen LogP contribution in [0.25, 0.3) is 0 Å². The Hall–Kier alpha value is -4.17. The Labute approximate surface area is 207 Å². The molecule has 5 amide bonds. The van der Waals surface area contributed by atoms with E-state index in [2.05, 4.69) is 10.6 Å². The molecule has 2 N–H and O–H groups in total. The van der Waals surface area contributed by atoms with Crippen molar-refractivity contribution in [3.63, 3.8) is 0 Å². The lowest BCUT2D eigenvalue weighted by atomic mass is 9.82. The molecule has 0 atom stereocenters. The van der Waals surface area contributed by atoms with Crippen molar-refractivity contribution in [1.29, 1.82) is 0 Å². The van der Waals surface area contributed by atoms with Gasteiger partial charge in [0.05, 0.1) is 6.54 Å². The van der Waals surface area contributed by atoms with Crippen molar-refractivity contribution in [2.75, 3.05) is 25.5 Å². The maximum absolute atomic E-state index is 13.7. The van der Waals surface area contributed by atoms with Gasteiger partial charge in [-0.2, -0.15) is 0 Å². The van der Waals surface area contributed by atoms with Gasteiger partial charge in [-0.25, -0.2) is 4.79 Å². The molecule has 0 bridgehead atoms. The van der Waals surface area contributed by atoms with E-state index in [0.717, 1.165) is 9.80 Å². The number of nitrogens with one attached hydrogen (secondary N) is 2. The summed E-state index contributed by atoms with van der Waals surface area (Å²) in [5.41, 5.74) is 0.236. The van der Waals surface area contributed by atoms with Crippen molar-refractivity contribution >= 4 is 41.0 Å². The Bertz CT molecular complexity index is 1210. The molecule has 1 aliphatic heterocycles. The zero-order valence-corrected chi connectivity index (χ0v) is 19.7. The van der Waals surface area contributed by atoms with Gasteiger partial charge >= 0.3 is 6.03 Å². The molecule has 1 heterocycles. The number of anilines is 1. The zero-order valence-electron chi connectivity index (χ0n) is 18.9. The molecule has 3 aromatic rings. The lowest BCUT2D eigenvalue weighted by Gasteiger charge is -2.28. The molecule has 4 rings (SSSR count). The third kappa shape index (κ3) is 4.88. The molecule has 178 valence electrons. The number of amides is 5. The van der Waals surface area contributed by atoms with E-state index in [0.29, 0.717) is 21.8 Å². The van der Waals surface area contributed by atoms with Crippen LogP contribution in [-0.2, 0) is 19.9 Å². The normalized spacial score (nSPS) is 14.4. The van der Waals surface area contributed by atoms with Crippen molar-refractivity contribution < 1.29 is 19.2 Å². The molecule has 1 aliphatic rings. The van der Waals surface area contributed by atoms with E-state index in [1.807, 2.05) is 12.1 Å². The standard InChI is InChI=1S/C26H23ClN4O4/c1-30(16-22(32)28-21-14-12-20(27)13-15-21)23(33)17-31-24(34)26(29-25(31)35,18-8-4-2-5-9-18)19-10-6-3-7-11-19/h2-15H,16-17H2,1H3,(H,28,32)(H,29,35). The van der Waals surface area contributed by atoms with E-state index in [1.165, 1.54) is 7.05 Å². The largest absolute Gasteiger partial charge is 0.335 e. The topological polar surface area (TPSA) is 98.8 Å². The number of benzene rings is 3. The molecule has 8 nitrogen and oxygen atoms in total. The highest BCUT2D eigenvalue weighted by Gasteiger charge is 2.54. The van der Waals surface area contributed by atoms with Gasteiger partial charge in [0.1, 0.15) is 6.54 Å². The van der Waals surface area contributed by atoms with Crippen LogP contribution in [0.2, 0.25) is 5.02 Å². The Kier molecular flexibility index (Phi) is 6.84. The number of imide groups is 1. The average Bonchev–Trinajstić information content (AvgIpc) is 3.12. The smallest absolute Gasteiger partial charge is 0.326 e. The van der Waals surface area contributed by atoms with Crippen molar-refractivity contribution in [3.8, 4) is 0 Å². The lowest BCUT2D eigenvalue weighted by molar-refractivity contribution is -0.138. The van der Waals surface area contributed by atoms with Crippen LogP contribution >= 0.6 is 11.6 Å². The maximum Gasteiger partial charge on any atom is 0.326 e. The SMILES string of the molecule is CN(CC(=O)Nc1ccc(Cl)cc1)C(=O)CN1C(=O)NC(c2ccccc2)(c2ccccc2)C1=O. The van der Waals surface area contributed by atoms with E-state index in [9.17, 15) is 19.2 Å². The van der Waals surface area contributed by atoms with Gasteiger partial charge in [0.25, 0.3) is 5.91 Å². The van der Waals surface area contributed by atoms with E-state index >= 15 is 0 Å². The molecular formula is C26H23ClN4O4. The molecular weight excluding hydrogens is 468 g/mol. The van der Waals surface area contributed by atoms with Gasteiger partial charge in [-0.15, -0.1) is 0 Å². The fraction of sp³-hybridized carbons (Fsp3) is 0.154. The number of hydrogen-bond acceptors (Lipinski definition) is 4. The molecule has 1 fully saturated rings. The van der Waals surface area contributed by atoms with Crippen LogP contribution in [-0.4, -0.2) is 53.7 Å². The van der Waals surface area contributed by atoms with Crippen LogP contribution in [0.5, 0.6) is 0 Å². The van der Waals surface area contributed by atoms with E-state index in [1.54, 1.807) is 72.8 Å². The van der Waals surface area contributed by atoms with E-state index in [4.69, 9.17) is 11.6 Å². The Morgan fingerprint density at radius 2 is 1.46 bits per heavy atom. The van der Waals surface area contributed by atoms with Crippen LogP contribution in [0.3, 0.4) is 0 Å². The van der Waals surface area contributed by atoms with E-state index in [-0.39, 0.29) is 6.54 Å². The number of nitrogens with zero attached hydrogens (tertiary/aromatic N) is 2. The van der Waals surface area contributed by atoms with Gasteiger partial charge in [-0.05, 0) is 35.4 Å². The second-order valence-corrected chi connectivity index (χ2v) is 8.54. The first-order valence-corrected chi connectivity index (χ1v) is 11.2. The minimum absolute atomic E-state index is 0.256. The van der Waals surface area contributed by atoms with Crippen LogP contribution in [0, 0.1) is 0 Å². The number of carbonyl (C=O) groups is 4. The summed E-state index contributed by atoms with van der Waals surface area (Å²) in [6.45, 7) is -0.759. The fourth-order valence-electron chi connectivity index (χ4n) is 3.95. The van der Waals surface area contributed by atoms with Gasteiger partial charge in [0, 0.05) is 17.8 Å². The highest BCUT2D eigenvalue weighted by atomic mass is 35.5. The highest BCUT2D eigenvalue weighted by Crippen LogP contribution is 2.35. The van der Waals surface area contributed by atoms with Gasteiger partial charge in [0.15, 0.2) is 5.54 Å². The van der Waals surface area contributed by atoms with Crippen molar-refractivity contribution in [1.82, 2.24) is 15.1 Å². The minimum atomic E-state index is -1.45. The molecule has 0 aromatic heterocycles. The first kappa shape index (κ1) is 24.0. The van der Waals surface area contributed by atoms with Crippen molar-refractivity contribution in [2.24, 2.45) is 0 Å². The summed E-state index contributed by atoms with van der Waals surface area (Å²) in [5.74, 6) is -1.55. The Morgan fingerprint density at radius 1 is 0.914 bits per heavy atom. The number of rotatable bonds is 7. The second kappa shape index (κ2) is 9.99. The molecule has 0 radical (unpaired) electrons. The number of carbonyl (C=O) groups excluding carboxylic acids is 4. The summed E-state index contributed by atoms with van der Waals surface area (Å²) in [4.78, 5) is 53.9. The summed E-state index contributed by atoms with van der Waals surface area (Å²) >= 11 is 5.85. The molecule has 0 unspecified atom stereocenters. The quantitative estimate of drug-likeness (QED) is 0.497. The molecule has 1 saturated heterocycles. The second-order valence-electron chi connectivity index (χ2n) is 8.11. The van der Waals surface area contributed by atoms with Crippen LogP contribution in [0.1, 0.15) is 11.1 Å². The highest BCUT2D eigenvalue weighted by molar-refractivity contribution is 6.30. The summed E-state index contributed by atoms with van der Waals surface area (Å²) in [7, 11) is 1.43. The summed E-state index contributed by atoms with van der Waals surface area (Å²) < 4.78 is 0. The van der Waals surface area contributed by atoms with Gasteiger partial charge in [-0.3, -0.25) is 19.3 Å². The lowest BCUT2D eigenvalue weighted by Crippen LogP contribution is -2.46. The summed E-state index contributed by atoms with van der Waals surface area (Å²) in [6.07, 6.45) is 0. The summed E-state index contributed by atoms with van der Waals surface area (Å²) in [6, 6.07) is 23.6. The van der Waals surface area contributed by atoms with Gasteiger partial charge in [-0.1, -0.05) is 72.3 Å². The first-order valence-electron chi connectivity index (χ1n) is 10.9. The predicted molar refractivity (Wildman–Crippen MR) is 132 cm³/mol. The molecule has 0 aliphatic carbocycles. The minimum Gasteiger partial charge on any atom is -0.335 e. The van der Waals surface area contributed by atoms with E-state index < -0.39 is 35.8 Å². The summed E-state index contributed by atoms with van der Waals surface area (Å²) in [5, 5.41) is 6.00. The first-order chi connectivity index (χ1) is 16.8. The number of likely N-dealkylation sites (N-methyl/N-ethyl adjacent to an activating group) is 1. The van der Waals surface area contributed by atoms with Crippen LogP contribution < -0.4 is 10.6 Å². The number of urea groups is 1. The van der Waals surface area contributed by atoms with Crippen LogP contribution in [0.4, 0.5) is 10.5 Å². The Balaban J connectivity index is 1.49. The molecule has 0 spiro atoms. The monoisotopic (exact) mass is 490 g/mol. The predicted octanol–water partition coefficient (Wildman–Crippen LogP) is 3.23.